The molecule has 1 aromatic carbocycles. The highest BCUT2D eigenvalue weighted by Gasteiger charge is 2.19. The van der Waals surface area contributed by atoms with Crippen LogP contribution in [0.1, 0.15) is 51.1 Å². The van der Waals surface area contributed by atoms with Crippen molar-refractivity contribution in [3.8, 4) is 5.75 Å². The fourth-order valence-electron chi connectivity index (χ4n) is 2.84. The summed E-state index contributed by atoms with van der Waals surface area (Å²) >= 11 is 1.48. The van der Waals surface area contributed by atoms with Crippen LogP contribution in [0.2, 0.25) is 0 Å². The zero-order valence-corrected chi connectivity index (χ0v) is 17.3. The van der Waals surface area contributed by atoms with Crippen molar-refractivity contribution >= 4 is 17.7 Å². The van der Waals surface area contributed by atoms with Crippen LogP contribution in [0.15, 0.2) is 53.6 Å². The minimum atomic E-state index is -0.337. The van der Waals surface area contributed by atoms with Crippen LogP contribution in [0.5, 0.6) is 5.75 Å². The number of rotatable bonds is 13. The lowest BCUT2D eigenvalue weighted by Crippen LogP contribution is -2.30. The lowest BCUT2D eigenvalue weighted by atomic mass is 10.1. The number of hydrogen-bond donors (Lipinski definition) is 2. The van der Waals surface area contributed by atoms with Gasteiger partial charge in [-0.1, -0.05) is 38.7 Å². The molecule has 28 heavy (non-hydrogen) atoms. The van der Waals surface area contributed by atoms with E-state index in [-0.39, 0.29) is 11.2 Å². The molecule has 6 heteroatoms. The van der Waals surface area contributed by atoms with Crippen LogP contribution < -0.4 is 10.2 Å². The molecule has 2 N–H and O–H groups in total. The number of hydroxylamine groups is 1. The van der Waals surface area contributed by atoms with Crippen molar-refractivity contribution in [3.63, 3.8) is 0 Å². The average Bonchev–Trinajstić information content (AvgIpc) is 2.74. The normalized spacial score (nSPS) is 11.8. The smallest absolute Gasteiger partial charge is 0.256 e. The molecule has 0 aliphatic rings. The Bertz CT molecular complexity index is 680. The first kappa shape index (κ1) is 22.2. The van der Waals surface area contributed by atoms with E-state index >= 15 is 0 Å². The molecule has 0 aliphatic carbocycles. The molecule has 1 aromatic heterocycles. The van der Waals surface area contributed by atoms with Crippen molar-refractivity contribution in [2.75, 3.05) is 6.61 Å². The molecule has 1 heterocycles. The summed E-state index contributed by atoms with van der Waals surface area (Å²) < 4.78 is 5.79. The summed E-state index contributed by atoms with van der Waals surface area (Å²) in [7, 11) is 0. The first-order valence-electron chi connectivity index (χ1n) is 9.96. The largest absolute Gasteiger partial charge is 0.494 e. The second kappa shape index (κ2) is 13.2. The number of unbranched alkanes of at least 4 members (excludes halogenated alkanes) is 3. The molecule has 2 aromatic rings. The van der Waals surface area contributed by atoms with Crippen molar-refractivity contribution < 1.29 is 14.7 Å². The van der Waals surface area contributed by atoms with Crippen LogP contribution in [0, 0.1) is 0 Å². The van der Waals surface area contributed by atoms with Gasteiger partial charge in [0, 0.05) is 16.8 Å². The van der Waals surface area contributed by atoms with Crippen molar-refractivity contribution in [2.45, 2.75) is 62.0 Å². The van der Waals surface area contributed by atoms with Gasteiger partial charge in [0.2, 0.25) is 0 Å². The topological polar surface area (TPSA) is 71.5 Å². The maximum Gasteiger partial charge on any atom is 0.256 e. The van der Waals surface area contributed by atoms with E-state index in [1.165, 1.54) is 18.2 Å². The number of carbonyl (C=O) groups excluding carboxylic acids is 1. The Morgan fingerprint density at radius 2 is 1.96 bits per heavy atom. The van der Waals surface area contributed by atoms with E-state index in [0.717, 1.165) is 54.9 Å². The second-order valence-corrected chi connectivity index (χ2v) is 7.95. The fraction of sp³-hybridized carbons (Fsp3) is 0.455. The van der Waals surface area contributed by atoms with Gasteiger partial charge in [-0.2, -0.15) is 0 Å². The molecule has 152 valence electrons. The molecule has 1 amide bonds. The molecule has 1 atom stereocenters. The number of amides is 1. The third-order valence-corrected chi connectivity index (χ3v) is 5.68. The Hall–Kier alpha value is -2.05. The van der Waals surface area contributed by atoms with Gasteiger partial charge in [0.25, 0.3) is 5.91 Å². The standard InChI is InChI=1S/C22H30N2O3S/c1-2-3-4-5-11-21(22(25)24-26)28-20-14-12-19(13-15-20)27-17-8-10-18-9-6-7-16-23-18/h6-7,9,12-16,21,26H,2-5,8,10-11,17H2,1H3,(H,24,25). The number of benzene rings is 1. The van der Waals surface area contributed by atoms with Crippen LogP contribution in [0.25, 0.3) is 0 Å². The van der Waals surface area contributed by atoms with Gasteiger partial charge in [-0.15, -0.1) is 11.8 Å². The first-order chi connectivity index (χ1) is 13.7. The predicted octanol–water partition coefficient (Wildman–Crippen LogP) is 5.03. The molecular formula is C22H30N2O3S. The lowest BCUT2D eigenvalue weighted by molar-refractivity contribution is -0.128. The maximum absolute atomic E-state index is 11.9. The molecule has 0 saturated heterocycles. The Labute approximate surface area is 171 Å². The zero-order chi connectivity index (χ0) is 20.0. The van der Waals surface area contributed by atoms with E-state index in [9.17, 15) is 4.79 Å². The van der Waals surface area contributed by atoms with Crippen molar-refractivity contribution in [2.24, 2.45) is 0 Å². The first-order valence-corrected chi connectivity index (χ1v) is 10.8. The monoisotopic (exact) mass is 402 g/mol. The van der Waals surface area contributed by atoms with Gasteiger partial charge in [-0.3, -0.25) is 15.0 Å². The summed E-state index contributed by atoms with van der Waals surface area (Å²) in [5.41, 5.74) is 2.87. The van der Waals surface area contributed by atoms with E-state index in [1.54, 1.807) is 11.7 Å². The molecule has 0 radical (unpaired) electrons. The highest BCUT2D eigenvalue weighted by atomic mass is 32.2. The van der Waals surface area contributed by atoms with Crippen LogP contribution in [0.4, 0.5) is 0 Å². The highest BCUT2D eigenvalue weighted by molar-refractivity contribution is 8.00. The zero-order valence-electron chi connectivity index (χ0n) is 16.5. The molecule has 2 rings (SSSR count). The molecule has 0 saturated carbocycles. The van der Waals surface area contributed by atoms with Crippen LogP contribution in [0.3, 0.4) is 0 Å². The Morgan fingerprint density at radius 1 is 1.14 bits per heavy atom. The van der Waals surface area contributed by atoms with Crippen LogP contribution in [-0.2, 0) is 11.2 Å². The minimum Gasteiger partial charge on any atom is -0.494 e. The summed E-state index contributed by atoms with van der Waals surface area (Å²) in [6.07, 6.45) is 8.78. The Balaban J connectivity index is 1.76. The number of nitrogens with one attached hydrogen (secondary N) is 1. The second-order valence-electron chi connectivity index (χ2n) is 6.68. The number of carbonyl (C=O) groups is 1. The lowest BCUT2D eigenvalue weighted by Gasteiger charge is -2.15. The van der Waals surface area contributed by atoms with Crippen molar-refractivity contribution in [3.05, 3.63) is 54.4 Å². The van der Waals surface area contributed by atoms with Gasteiger partial charge in [0.15, 0.2) is 0 Å². The third kappa shape index (κ3) is 8.31. The molecule has 0 aliphatic heterocycles. The summed E-state index contributed by atoms with van der Waals surface area (Å²) in [5, 5.41) is 8.71. The summed E-state index contributed by atoms with van der Waals surface area (Å²) in [6.45, 7) is 2.80. The number of pyridine rings is 1. The molecule has 0 spiro atoms. The molecule has 0 bridgehead atoms. The van der Waals surface area contributed by atoms with E-state index in [0.29, 0.717) is 6.61 Å². The van der Waals surface area contributed by atoms with E-state index in [4.69, 9.17) is 9.94 Å². The summed E-state index contributed by atoms with van der Waals surface area (Å²) in [4.78, 5) is 17.2. The van der Waals surface area contributed by atoms with Crippen molar-refractivity contribution in [1.29, 1.82) is 0 Å². The van der Waals surface area contributed by atoms with Gasteiger partial charge in [-0.05, 0) is 55.7 Å². The van der Waals surface area contributed by atoms with Gasteiger partial charge < -0.3 is 4.74 Å². The maximum atomic E-state index is 11.9. The van der Waals surface area contributed by atoms with Gasteiger partial charge in [-0.25, -0.2) is 5.48 Å². The number of nitrogens with zero attached hydrogens (tertiary/aromatic N) is 1. The van der Waals surface area contributed by atoms with E-state index in [1.807, 2.05) is 42.5 Å². The summed E-state index contributed by atoms with van der Waals surface area (Å²) in [6, 6.07) is 13.7. The SMILES string of the molecule is CCCCCCC(Sc1ccc(OCCCc2ccccn2)cc1)C(=O)NO. The molecular weight excluding hydrogens is 372 g/mol. The number of thioether (sulfide) groups is 1. The fourth-order valence-corrected chi connectivity index (χ4v) is 3.91. The molecule has 0 fully saturated rings. The number of hydrogen-bond acceptors (Lipinski definition) is 5. The Kier molecular flexibility index (Phi) is 10.5. The van der Waals surface area contributed by atoms with Gasteiger partial charge >= 0.3 is 0 Å². The quantitative estimate of drug-likeness (QED) is 0.213. The van der Waals surface area contributed by atoms with E-state index in [2.05, 4.69) is 11.9 Å². The highest BCUT2D eigenvalue weighted by Crippen LogP contribution is 2.29. The van der Waals surface area contributed by atoms with Gasteiger partial charge in [0.1, 0.15) is 5.75 Å². The third-order valence-electron chi connectivity index (χ3n) is 4.40. The number of ether oxygens (including phenoxy) is 1. The molecule has 1 unspecified atom stereocenters. The van der Waals surface area contributed by atoms with E-state index < -0.39 is 0 Å². The van der Waals surface area contributed by atoms with Gasteiger partial charge in [0.05, 0.1) is 11.9 Å². The van der Waals surface area contributed by atoms with Crippen LogP contribution in [-0.4, -0.2) is 28.0 Å². The minimum absolute atomic E-state index is 0.285. The predicted molar refractivity (Wildman–Crippen MR) is 113 cm³/mol. The number of aryl methyl sites for hydroxylation is 1. The summed E-state index contributed by atoms with van der Waals surface area (Å²) in [5.74, 6) is 0.479. The van der Waals surface area contributed by atoms with Crippen molar-refractivity contribution in [1.82, 2.24) is 10.5 Å². The molecule has 5 nitrogen and oxygen atoms in total. The van der Waals surface area contributed by atoms with Crippen LogP contribution >= 0.6 is 11.8 Å². The average molecular weight is 403 g/mol. The Morgan fingerprint density at radius 3 is 2.64 bits per heavy atom. The number of aromatic nitrogens is 1.